The second kappa shape index (κ2) is 12.0. The van der Waals surface area contributed by atoms with Crippen LogP contribution in [0.3, 0.4) is 0 Å². The highest BCUT2D eigenvalue weighted by Crippen LogP contribution is 2.66. The summed E-state index contributed by atoms with van der Waals surface area (Å²) < 4.78 is 26.4. The number of hydrogen-bond acceptors (Lipinski definition) is 8. The number of ketones is 1. The molecule has 2 heterocycles. The van der Waals surface area contributed by atoms with E-state index in [0.29, 0.717) is 41.0 Å². The molecule has 0 N–H and O–H groups in total. The molecule has 3 saturated carbocycles. The van der Waals surface area contributed by atoms with Gasteiger partial charge in [0, 0.05) is 12.2 Å². The third kappa shape index (κ3) is 6.09. The maximum absolute atomic E-state index is 13.6. The molecule has 4 aliphatic rings. The predicted octanol–water partition coefficient (Wildman–Crippen LogP) is 6.02. The Morgan fingerprint density at radius 2 is 1.93 bits per heavy atom. The average Bonchev–Trinajstić information content (AvgIpc) is 3.50. The fourth-order valence-electron chi connectivity index (χ4n) is 7.40. The second-order valence-electron chi connectivity index (χ2n) is 14.0. The minimum absolute atomic E-state index is 0.00265. The SMILES string of the molecule is COc1c(C[C@H](CC(=O)Cn2nnc(CCl)c2CCl)B2O[C@@H]3C[C@@H]4C[C@@H](C4(C)C)[C@]3(C)O2)cccc1C(=O)OC(C)(C)C. The Labute approximate surface area is 264 Å². The molecule has 4 fully saturated rings. The first-order chi connectivity index (χ1) is 20.2. The molecular formula is C31H42BCl2N3O6. The lowest BCUT2D eigenvalue weighted by molar-refractivity contribution is -0.199. The van der Waals surface area contributed by atoms with Crippen molar-refractivity contribution in [1.82, 2.24) is 15.0 Å². The van der Waals surface area contributed by atoms with Gasteiger partial charge in [-0.05, 0) is 75.8 Å². The van der Waals surface area contributed by atoms with Crippen LogP contribution >= 0.6 is 23.2 Å². The third-order valence-electron chi connectivity index (χ3n) is 9.74. The molecule has 0 radical (unpaired) electrons. The van der Waals surface area contributed by atoms with E-state index in [1.54, 1.807) is 12.1 Å². The minimum atomic E-state index is -0.661. The van der Waals surface area contributed by atoms with Crippen LogP contribution in [-0.2, 0) is 43.6 Å². The Kier molecular flexibility index (Phi) is 9.00. The minimum Gasteiger partial charge on any atom is -0.496 e. The summed E-state index contributed by atoms with van der Waals surface area (Å²) in [7, 11) is 0.929. The van der Waals surface area contributed by atoms with Crippen molar-refractivity contribution >= 4 is 42.1 Å². The van der Waals surface area contributed by atoms with E-state index in [0.717, 1.165) is 18.4 Å². The van der Waals surface area contributed by atoms with Crippen molar-refractivity contribution in [3.63, 3.8) is 0 Å². The zero-order valence-corrected chi connectivity index (χ0v) is 27.6. The number of Topliss-reactive ketones (excluding diaryl/α,β-unsaturated/α-hetero) is 1. The van der Waals surface area contributed by atoms with Gasteiger partial charge < -0.3 is 18.8 Å². The van der Waals surface area contributed by atoms with E-state index in [1.807, 2.05) is 26.8 Å². The molecule has 6 rings (SSSR count). The fraction of sp³-hybridized carbons (Fsp3) is 0.677. The Hall–Kier alpha value is -2.14. The standard InChI is InChI=1S/C31H42BCl2N3O6/c1-29(2,3)41-28(39)22-10-8-9-18(27(22)40-7)11-20(14-21(38)17-37-24(16-34)23(15-33)35-36-37)32-42-26-13-19-12-25(30(19,4)5)31(26,6)43-32/h8-10,19-20,25-26H,11-17H2,1-7H3/t19-,20+,25-,26+,31-/m0/s1. The molecule has 1 aromatic carbocycles. The van der Waals surface area contributed by atoms with Crippen molar-refractivity contribution in [2.24, 2.45) is 17.3 Å². The maximum atomic E-state index is 13.6. The van der Waals surface area contributed by atoms with Gasteiger partial charge in [0.2, 0.25) is 0 Å². The summed E-state index contributed by atoms with van der Waals surface area (Å²) in [5, 5.41) is 8.19. The summed E-state index contributed by atoms with van der Waals surface area (Å²) in [6, 6.07) is 5.40. The number of hydrogen-bond donors (Lipinski definition) is 0. The largest absolute Gasteiger partial charge is 0.496 e. The molecule has 234 valence electrons. The summed E-state index contributed by atoms with van der Waals surface area (Å²) in [5.41, 5.74) is 1.38. The van der Waals surface area contributed by atoms with Crippen LogP contribution < -0.4 is 4.74 Å². The number of carbonyl (C=O) groups is 2. The molecule has 12 heteroatoms. The number of methoxy groups -OCH3 is 1. The van der Waals surface area contributed by atoms with Gasteiger partial charge in [-0.25, -0.2) is 9.48 Å². The van der Waals surface area contributed by atoms with Gasteiger partial charge in [-0.1, -0.05) is 31.2 Å². The molecule has 0 amide bonds. The van der Waals surface area contributed by atoms with E-state index >= 15 is 0 Å². The number of benzene rings is 1. The molecule has 1 aliphatic heterocycles. The predicted molar refractivity (Wildman–Crippen MR) is 164 cm³/mol. The van der Waals surface area contributed by atoms with Crippen molar-refractivity contribution in [3.8, 4) is 5.75 Å². The van der Waals surface area contributed by atoms with Gasteiger partial charge >= 0.3 is 13.1 Å². The lowest BCUT2D eigenvalue weighted by atomic mass is 9.43. The average molecular weight is 634 g/mol. The molecule has 0 unspecified atom stereocenters. The van der Waals surface area contributed by atoms with Crippen LogP contribution in [0, 0.1) is 17.3 Å². The summed E-state index contributed by atoms with van der Waals surface area (Å²) in [6.07, 6.45) is 2.58. The summed E-state index contributed by atoms with van der Waals surface area (Å²) in [4.78, 5) is 26.7. The van der Waals surface area contributed by atoms with E-state index in [9.17, 15) is 9.59 Å². The van der Waals surface area contributed by atoms with Crippen LogP contribution in [0.15, 0.2) is 18.2 Å². The zero-order valence-electron chi connectivity index (χ0n) is 26.1. The first-order valence-electron chi connectivity index (χ1n) is 15.0. The molecule has 9 nitrogen and oxygen atoms in total. The zero-order chi connectivity index (χ0) is 31.3. The number of aromatic nitrogens is 3. The molecular weight excluding hydrogens is 592 g/mol. The highest BCUT2D eigenvalue weighted by Gasteiger charge is 2.68. The van der Waals surface area contributed by atoms with Gasteiger partial charge in [0.25, 0.3) is 0 Å². The maximum Gasteiger partial charge on any atom is 0.461 e. The Morgan fingerprint density at radius 3 is 2.56 bits per heavy atom. The van der Waals surface area contributed by atoms with Crippen molar-refractivity contribution < 1.29 is 28.4 Å². The van der Waals surface area contributed by atoms with Crippen molar-refractivity contribution in [1.29, 1.82) is 0 Å². The number of rotatable bonds is 11. The Bertz CT molecular complexity index is 1380. The normalized spacial score (nSPS) is 26.4. The van der Waals surface area contributed by atoms with E-state index in [-0.39, 0.29) is 47.8 Å². The first-order valence-corrected chi connectivity index (χ1v) is 16.1. The molecule has 3 aliphatic carbocycles. The number of halogens is 2. The smallest absolute Gasteiger partial charge is 0.461 e. The summed E-state index contributed by atoms with van der Waals surface area (Å²) >= 11 is 12.1. The molecule has 1 aromatic heterocycles. The third-order valence-corrected chi connectivity index (χ3v) is 10.2. The number of esters is 1. The van der Waals surface area contributed by atoms with Gasteiger partial charge in [0.05, 0.1) is 36.3 Å². The Balaban J connectivity index is 1.43. The van der Waals surface area contributed by atoms with Crippen molar-refractivity contribution in [2.75, 3.05) is 7.11 Å². The molecule has 5 atom stereocenters. The topological polar surface area (TPSA) is 102 Å². The van der Waals surface area contributed by atoms with Crippen molar-refractivity contribution in [3.05, 3.63) is 40.7 Å². The van der Waals surface area contributed by atoms with Crippen LogP contribution in [0.2, 0.25) is 5.82 Å². The van der Waals surface area contributed by atoms with E-state index in [4.69, 9.17) is 42.0 Å². The van der Waals surface area contributed by atoms with Gasteiger partial charge in [-0.2, -0.15) is 0 Å². The van der Waals surface area contributed by atoms with Gasteiger partial charge in [-0.15, -0.1) is 28.3 Å². The van der Waals surface area contributed by atoms with Gasteiger partial charge in [0.1, 0.15) is 29.2 Å². The molecule has 2 bridgehead atoms. The molecule has 43 heavy (non-hydrogen) atoms. The van der Waals surface area contributed by atoms with Gasteiger partial charge in [0.15, 0.2) is 5.78 Å². The van der Waals surface area contributed by atoms with Crippen LogP contribution in [0.1, 0.15) is 88.1 Å². The van der Waals surface area contributed by atoms with Gasteiger partial charge in [-0.3, -0.25) is 4.79 Å². The van der Waals surface area contributed by atoms with Crippen LogP contribution in [0.25, 0.3) is 0 Å². The molecule has 0 spiro atoms. The number of nitrogens with zero attached hydrogens (tertiary/aromatic N) is 3. The second-order valence-corrected chi connectivity index (χ2v) is 14.5. The first kappa shape index (κ1) is 32.3. The quantitative estimate of drug-likeness (QED) is 0.168. The number of para-hydroxylation sites is 1. The van der Waals surface area contributed by atoms with E-state index in [2.05, 4.69) is 31.1 Å². The highest BCUT2D eigenvalue weighted by molar-refractivity contribution is 6.48. The van der Waals surface area contributed by atoms with E-state index in [1.165, 1.54) is 11.8 Å². The van der Waals surface area contributed by atoms with Crippen LogP contribution in [0.5, 0.6) is 5.75 Å². The fourth-order valence-corrected chi connectivity index (χ4v) is 7.90. The molecule has 1 saturated heterocycles. The lowest BCUT2D eigenvalue weighted by Crippen LogP contribution is -2.65. The molecule has 2 aromatic rings. The Morgan fingerprint density at radius 1 is 1.19 bits per heavy atom. The number of alkyl halides is 2. The van der Waals surface area contributed by atoms with E-state index < -0.39 is 24.3 Å². The monoisotopic (exact) mass is 633 g/mol. The lowest BCUT2D eigenvalue weighted by Gasteiger charge is -2.64. The summed E-state index contributed by atoms with van der Waals surface area (Å²) in [5.74, 6) is 0.818. The van der Waals surface area contributed by atoms with Crippen LogP contribution in [-0.4, -0.2) is 58.3 Å². The van der Waals surface area contributed by atoms with Crippen LogP contribution in [0.4, 0.5) is 0 Å². The van der Waals surface area contributed by atoms with Crippen molar-refractivity contribution in [2.45, 2.75) is 109 Å². The summed E-state index contributed by atoms with van der Waals surface area (Å²) in [6.45, 7) is 12.3. The number of carbonyl (C=O) groups excluding carboxylic acids is 2. The number of ether oxygens (including phenoxy) is 2. The highest BCUT2D eigenvalue weighted by atomic mass is 35.5.